The Kier molecular flexibility index (Phi) is 5.76. The zero-order valence-corrected chi connectivity index (χ0v) is 12.6. The minimum absolute atomic E-state index is 0. The van der Waals surface area contributed by atoms with E-state index in [0.717, 1.165) is 5.39 Å². The van der Waals surface area contributed by atoms with Gasteiger partial charge in [0, 0.05) is 23.9 Å². The van der Waals surface area contributed by atoms with E-state index in [-0.39, 0.29) is 30.4 Å². The van der Waals surface area contributed by atoms with Crippen LogP contribution in [0.2, 0.25) is 0 Å². The summed E-state index contributed by atoms with van der Waals surface area (Å²) in [5.74, 6) is 0.647. The first-order chi connectivity index (χ1) is 9.10. The van der Waals surface area contributed by atoms with Crippen LogP contribution >= 0.6 is 12.4 Å². The van der Waals surface area contributed by atoms with Crippen molar-refractivity contribution in [3.05, 3.63) is 36.4 Å². The number of halogens is 1. The van der Waals surface area contributed by atoms with E-state index >= 15 is 0 Å². The molecule has 2 rings (SSSR count). The van der Waals surface area contributed by atoms with Gasteiger partial charge in [0.1, 0.15) is 5.75 Å². The molecule has 0 spiro atoms. The summed E-state index contributed by atoms with van der Waals surface area (Å²) in [6.07, 6.45) is 0. The molecule has 0 unspecified atom stereocenters. The van der Waals surface area contributed by atoms with Crippen molar-refractivity contribution in [2.24, 2.45) is 5.73 Å². The second-order valence-electron chi connectivity index (χ2n) is 4.00. The predicted octanol–water partition coefficient (Wildman–Crippen LogP) is 1.51. The third kappa shape index (κ3) is 3.21. The summed E-state index contributed by atoms with van der Waals surface area (Å²) < 4.78 is 32.1. The SMILES string of the molecule is COc1ccc(S(=O)(=O)NCCN)c2ccccc12.Cl. The van der Waals surface area contributed by atoms with Crippen LogP contribution in [-0.2, 0) is 10.0 Å². The highest BCUT2D eigenvalue weighted by molar-refractivity contribution is 7.89. The van der Waals surface area contributed by atoms with E-state index in [9.17, 15) is 8.42 Å². The third-order valence-electron chi connectivity index (χ3n) is 2.79. The van der Waals surface area contributed by atoms with Gasteiger partial charge in [0.05, 0.1) is 12.0 Å². The molecule has 110 valence electrons. The molecule has 0 aliphatic heterocycles. The van der Waals surface area contributed by atoms with Crippen LogP contribution in [0.3, 0.4) is 0 Å². The van der Waals surface area contributed by atoms with Gasteiger partial charge in [-0.3, -0.25) is 0 Å². The van der Waals surface area contributed by atoms with Crippen molar-refractivity contribution in [3.8, 4) is 5.75 Å². The normalized spacial score (nSPS) is 11.1. The molecule has 7 heteroatoms. The fraction of sp³-hybridized carbons (Fsp3) is 0.231. The van der Waals surface area contributed by atoms with Crippen molar-refractivity contribution in [1.82, 2.24) is 4.72 Å². The molecule has 0 bridgehead atoms. The van der Waals surface area contributed by atoms with Crippen LogP contribution in [0.1, 0.15) is 0 Å². The van der Waals surface area contributed by atoms with Gasteiger partial charge in [0.25, 0.3) is 0 Å². The molecule has 0 fully saturated rings. The van der Waals surface area contributed by atoms with Gasteiger partial charge in [-0.25, -0.2) is 13.1 Å². The molecule has 5 nitrogen and oxygen atoms in total. The van der Waals surface area contributed by atoms with E-state index in [1.54, 1.807) is 31.4 Å². The minimum Gasteiger partial charge on any atom is -0.496 e. The van der Waals surface area contributed by atoms with Crippen LogP contribution < -0.4 is 15.2 Å². The number of fused-ring (bicyclic) bond motifs is 1. The first-order valence-corrected chi connectivity index (χ1v) is 7.34. The highest BCUT2D eigenvalue weighted by atomic mass is 35.5. The standard InChI is InChI=1S/C13H16N2O3S.ClH/c1-18-12-6-7-13(19(16,17)15-9-8-14)11-5-3-2-4-10(11)12;/h2-7,15H,8-9,14H2,1H3;1H. The molecule has 0 aromatic heterocycles. The summed E-state index contributed by atoms with van der Waals surface area (Å²) in [7, 11) is -2.00. The lowest BCUT2D eigenvalue weighted by molar-refractivity contribution is 0.419. The molecule has 0 amide bonds. The number of benzene rings is 2. The Morgan fingerprint density at radius 1 is 1.15 bits per heavy atom. The van der Waals surface area contributed by atoms with E-state index in [0.29, 0.717) is 11.1 Å². The van der Waals surface area contributed by atoms with Gasteiger partial charge in [-0.15, -0.1) is 12.4 Å². The molecule has 0 saturated carbocycles. The Hall–Kier alpha value is -1.34. The van der Waals surface area contributed by atoms with Crippen LogP contribution in [0.5, 0.6) is 5.75 Å². The average Bonchev–Trinajstić information content (AvgIpc) is 2.43. The lowest BCUT2D eigenvalue weighted by Crippen LogP contribution is -2.29. The Morgan fingerprint density at radius 3 is 2.40 bits per heavy atom. The quantitative estimate of drug-likeness (QED) is 0.876. The number of rotatable bonds is 5. The van der Waals surface area contributed by atoms with Gasteiger partial charge in [0.2, 0.25) is 10.0 Å². The van der Waals surface area contributed by atoms with Crippen molar-refractivity contribution in [2.75, 3.05) is 20.2 Å². The molecule has 0 saturated heterocycles. The minimum atomic E-state index is -3.56. The van der Waals surface area contributed by atoms with Crippen molar-refractivity contribution < 1.29 is 13.2 Å². The number of methoxy groups -OCH3 is 1. The Morgan fingerprint density at radius 2 is 1.80 bits per heavy atom. The third-order valence-corrected chi connectivity index (χ3v) is 4.31. The zero-order chi connectivity index (χ0) is 13.9. The highest BCUT2D eigenvalue weighted by Gasteiger charge is 2.17. The van der Waals surface area contributed by atoms with Crippen LogP contribution in [0, 0.1) is 0 Å². The van der Waals surface area contributed by atoms with Gasteiger partial charge in [-0.05, 0) is 12.1 Å². The Balaban J connectivity index is 0.00000200. The Bertz CT molecular complexity index is 689. The van der Waals surface area contributed by atoms with E-state index in [2.05, 4.69) is 4.72 Å². The smallest absolute Gasteiger partial charge is 0.241 e. The number of nitrogens with one attached hydrogen (secondary N) is 1. The molecule has 2 aromatic rings. The summed E-state index contributed by atoms with van der Waals surface area (Å²) in [6.45, 7) is 0.468. The van der Waals surface area contributed by atoms with Crippen molar-refractivity contribution >= 4 is 33.2 Å². The van der Waals surface area contributed by atoms with E-state index in [1.807, 2.05) is 12.1 Å². The maximum atomic E-state index is 12.2. The van der Waals surface area contributed by atoms with Crippen molar-refractivity contribution in [2.45, 2.75) is 4.90 Å². The second-order valence-corrected chi connectivity index (χ2v) is 5.73. The second kappa shape index (κ2) is 6.90. The molecule has 0 radical (unpaired) electrons. The van der Waals surface area contributed by atoms with E-state index in [1.165, 1.54) is 0 Å². The lowest BCUT2D eigenvalue weighted by Gasteiger charge is -2.11. The molecule has 0 aliphatic rings. The molecule has 0 aliphatic carbocycles. The predicted molar refractivity (Wildman–Crippen MR) is 82.0 cm³/mol. The van der Waals surface area contributed by atoms with Crippen molar-refractivity contribution in [3.63, 3.8) is 0 Å². The largest absolute Gasteiger partial charge is 0.496 e. The van der Waals surface area contributed by atoms with Crippen LogP contribution in [0.25, 0.3) is 10.8 Å². The van der Waals surface area contributed by atoms with Gasteiger partial charge < -0.3 is 10.5 Å². The number of sulfonamides is 1. The summed E-state index contributed by atoms with van der Waals surface area (Å²) in [6, 6.07) is 10.4. The Labute approximate surface area is 124 Å². The highest BCUT2D eigenvalue weighted by Crippen LogP contribution is 2.30. The summed E-state index contributed by atoms with van der Waals surface area (Å²) in [4.78, 5) is 0.234. The molecule has 0 atom stereocenters. The van der Waals surface area contributed by atoms with Gasteiger partial charge in [0.15, 0.2) is 0 Å². The van der Waals surface area contributed by atoms with E-state index in [4.69, 9.17) is 10.5 Å². The molecule has 0 heterocycles. The molecule has 3 N–H and O–H groups in total. The molecule has 20 heavy (non-hydrogen) atoms. The maximum Gasteiger partial charge on any atom is 0.241 e. The van der Waals surface area contributed by atoms with E-state index < -0.39 is 10.0 Å². The number of hydrogen-bond donors (Lipinski definition) is 2. The number of hydrogen-bond acceptors (Lipinski definition) is 4. The summed E-state index contributed by atoms with van der Waals surface area (Å²) in [5.41, 5.74) is 5.33. The first kappa shape index (κ1) is 16.7. The zero-order valence-electron chi connectivity index (χ0n) is 11.0. The fourth-order valence-corrected chi connectivity index (χ4v) is 3.18. The van der Waals surface area contributed by atoms with Gasteiger partial charge in [-0.1, -0.05) is 24.3 Å². The number of nitrogens with two attached hydrogens (primary N) is 1. The first-order valence-electron chi connectivity index (χ1n) is 5.85. The van der Waals surface area contributed by atoms with Crippen LogP contribution in [-0.4, -0.2) is 28.6 Å². The summed E-state index contributed by atoms with van der Waals surface area (Å²) >= 11 is 0. The average molecular weight is 317 g/mol. The fourth-order valence-electron chi connectivity index (χ4n) is 1.93. The van der Waals surface area contributed by atoms with Gasteiger partial charge in [-0.2, -0.15) is 0 Å². The monoisotopic (exact) mass is 316 g/mol. The number of ether oxygens (including phenoxy) is 1. The van der Waals surface area contributed by atoms with Crippen molar-refractivity contribution in [1.29, 1.82) is 0 Å². The molecular weight excluding hydrogens is 300 g/mol. The van der Waals surface area contributed by atoms with Crippen LogP contribution in [0.15, 0.2) is 41.3 Å². The van der Waals surface area contributed by atoms with Crippen LogP contribution in [0.4, 0.5) is 0 Å². The molecule has 2 aromatic carbocycles. The maximum absolute atomic E-state index is 12.2. The topological polar surface area (TPSA) is 81.4 Å². The molecular formula is C13H17ClN2O3S. The van der Waals surface area contributed by atoms with Gasteiger partial charge >= 0.3 is 0 Å². The lowest BCUT2D eigenvalue weighted by atomic mass is 10.1. The summed E-state index contributed by atoms with van der Waals surface area (Å²) in [5, 5.41) is 1.40.